The van der Waals surface area contributed by atoms with E-state index in [1.807, 2.05) is 0 Å². The largest absolute Gasteiger partial charge is 0.0651 e. The van der Waals surface area contributed by atoms with E-state index >= 15 is 0 Å². The molecular weight excluding hydrogens is 1060 g/mol. The molecule has 0 saturated heterocycles. The average Bonchev–Trinajstić information content (AvgIpc) is 2.38. The second-order valence-corrected chi connectivity index (χ2v) is 39.6. The Bertz CT molecular complexity index is 1840. The Balaban J connectivity index is 0.000000140. The molecule has 0 nitrogen and oxygen atoms in total. The Morgan fingerprint density at radius 2 is 0.761 bits per heavy atom. The zero-order valence-electron chi connectivity index (χ0n) is 64.2. The standard InChI is InChI=1S/C11H22.C10H18.3C9H16.C9H18.2C8H14.C8H16.C7H14/c1-9-10(2,3)7-6-8-11(9,4)5;1-7-8-4-5-9(6-8)10(7,2)3;1-7-5-8-3-4-9(7,2)6-8;1-6-7(2)9-4-3-8(6)5-9;1-2-8-5-7-3-4-9(8)6-7;1-8-6-4-5-7-9(8,2)3;2*1-6-4-7-2-3-8(6)5-7;1-2-8-6-4-3-5-7-8;1-2-7-5-3-4-6-7/h9H,6-8H2,1-5H3;7-9H,4-6H2,1-3H3;7-8H,3-6H2,1-2H3;6-9H,3-5H2,1-2H3;7-9H,2-6H2,1H3;8H,4-7H2,1-3H3;2*6-8H,2-5H2,1H3;8H,2-7H2,1H3;7H,2-6H2,1H3/t;2*7-,8?,9?;6-,7?,8?,9?;;8-;6-,7?,8?;;;/m.100.10.../s1. The third-order valence-electron chi connectivity index (χ3n) is 33.0. The zero-order valence-corrected chi connectivity index (χ0v) is 64.2. The Morgan fingerprint density at radius 1 is 0.307 bits per heavy atom. The van der Waals surface area contributed by atoms with Gasteiger partial charge in [0, 0.05) is 0 Å². The molecule has 20 atom stereocenters. The van der Waals surface area contributed by atoms with E-state index in [4.69, 9.17) is 0 Å². The van der Waals surface area contributed by atoms with Gasteiger partial charge in [0.2, 0.25) is 0 Å². The predicted octanol–water partition coefficient (Wildman–Crippen LogP) is 29.0. The van der Waals surface area contributed by atoms with Crippen LogP contribution in [0.1, 0.15) is 402 Å². The van der Waals surface area contributed by atoms with Crippen LogP contribution in [-0.2, 0) is 0 Å². The minimum Gasteiger partial charge on any atom is -0.0651 e. The second kappa shape index (κ2) is 34.3. The van der Waals surface area contributed by atoms with Crippen LogP contribution in [0.25, 0.3) is 0 Å². The zero-order chi connectivity index (χ0) is 64.2. The van der Waals surface area contributed by atoms with Gasteiger partial charge < -0.3 is 0 Å². The fourth-order valence-electron chi connectivity index (χ4n) is 24.0. The van der Waals surface area contributed by atoms with Crippen LogP contribution in [0.2, 0.25) is 0 Å². The first-order valence-corrected chi connectivity index (χ1v) is 41.6. The van der Waals surface area contributed by atoms with Crippen molar-refractivity contribution in [2.75, 3.05) is 0 Å². The van der Waals surface area contributed by atoms with Crippen LogP contribution in [0.15, 0.2) is 0 Å². The van der Waals surface area contributed by atoms with E-state index in [9.17, 15) is 0 Å². The third kappa shape index (κ3) is 20.8. The maximum absolute atomic E-state index is 2.48. The van der Waals surface area contributed by atoms with Crippen molar-refractivity contribution < 1.29 is 0 Å². The van der Waals surface area contributed by atoms with Gasteiger partial charge in [-0.1, -0.05) is 260 Å². The highest BCUT2D eigenvalue weighted by Gasteiger charge is 2.51. The van der Waals surface area contributed by atoms with Crippen LogP contribution in [0, 0.1) is 157 Å². The quantitative estimate of drug-likeness (QED) is 0.264. The lowest BCUT2D eigenvalue weighted by molar-refractivity contribution is 0.0286. The normalized spacial score (nSPS) is 43.2. The van der Waals surface area contributed by atoms with Gasteiger partial charge in [-0.05, 0) is 299 Å². The second-order valence-electron chi connectivity index (χ2n) is 39.6. The summed E-state index contributed by atoms with van der Waals surface area (Å²) in [5.41, 5.74) is 3.22. The fraction of sp³-hybridized carbons (Fsp3) is 1.00. The van der Waals surface area contributed by atoms with Crippen molar-refractivity contribution in [2.45, 2.75) is 402 Å². The van der Waals surface area contributed by atoms with Gasteiger partial charge in [0.05, 0.1) is 0 Å². The molecule has 0 aromatic carbocycles. The van der Waals surface area contributed by atoms with Crippen LogP contribution in [-0.4, -0.2) is 0 Å². The highest BCUT2D eigenvalue weighted by atomic mass is 14.6. The van der Waals surface area contributed by atoms with Crippen molar-refractivity contribution >= 4 is 0 Å². The van der Waals surface area contributed by atoms with Gasteiger partial charge in [0.1, 0.15) is 0 Å². The third-order valence-corrected chi connectivity index (χ3v) is 33.0. The van der Waals surface area contributed by atoms with E-state index in [1.54, 1.807) is 83.5 Å². The molecule has 0 heterocycles. The van der Waals surface area contributed by atoms with E-state index < -0.39 is 0 Å². The molecule has 12 bridgehead atoms. The number of fused-ring (bicyclic) bond motifs is 12. The molecule has 0 aliphatic heterocycles. The van der Waals surface area contributed by atoms with Gasteiger partial charge in [-0.25, -0.2) is 0 Å². The Hall–Kier alpha value is 0. The van der Waals surface area contributed by atoms with Crippen molar-refractivity contribution in [1.82, 2.24) is 0 Å². The summed E-state index contributed by atoms with van der Waals surface area (Å²) < 4.78 is 0. The first-order valence-electron chi connectivity index (χ1n) is 41.6. The van der Waals surface area contributed by atoms with E-state index in [2.05, 4.69) is 138 Å². The van der Waals surface area contributed by atoms with Crippen LogP contribution >= 0.6 is 0 Å². The lowest BCUT2D eigenvalue weighted by Gasteiger charge is -2.47. The van der Waals surface area contributed by atoms with Crippen molar-refractivity contribution in [3.63, 3.8) is 0 Å². The smallest absolute Gasteiger partial charge is 0.0297 e. The lowest BCUT2D eigenvalue weighted by Crippen LogP contribution is -2.38. The van der Waals surface area contributed by atoms with Gasteiger partial charge in [-0.15, -0.1) is 0 Å². The lowest BCUT2D eigenvalue weighted by atomic mass is 9.58. The molecule has 15 unspecified atom stereocenters. The van der Waals surface area contributed by atoms with Crippen LogP contribution in [0.3, 0.4) is 0 Å². The molecule has 16 aliphatic carbocycles. The summed E-state index contributed by atoms with van der Waals surface area (Å²) in [6, 6.07) is 0. The summed E-state index contributed by atoms with van der Waals surface area (Å²) in [7, 11) is 0. The van der Waals surface area contributed by atoms with Crippen molar-refractivity contribution in [3.05, 3.63) is 0 Å². The summed E-state index contributed by atoms with van der Waals surface area (Å²) in [5.74, 6) is 23.8. The van der Waals surface area contributed by atoms with Gasteiger partial charge in [-0.3, -0.25) is 0 Å². The Morgan fingerprint density at radius 3 is 1.00 bits per heavy atom. The van der Waals surface area contributed by atoms with E-state index in [0.717, 1.165) is 136 Å². The number of rotatable bonds is 3. The van der Waals surface area contributed by atoms with Crippen molar-refractivity contribution in [3.8, 4) is 0 Å². The summed E-state index contributed by atoms with van der Waals surface area (Å²) in [6.45, 7) is 48.2. The van der Waals surface area contributed by atoms with Crippen LogP contribution in [0.5, 0.6) is 0 Å². The molecule has 0 aromatic heterocycles. The molecule has 16 rings (SSSR count). The highest BCUT2D eigenvalue weighted by molar-refractivity contribution is 5.00. The molecule has 516 valence electrons. The molecule has 16 aliphatic rings. The minimum absolute atomic E-state index is 0.571. The van der Waals surface area contributed by atoms with Crippen LogP contribution in [0.4, 0.5) is 0 Å². The Labute approximate surface area is 555 Å². The van der Waals surface area contributed by atoms with Gasteiger partial charge in [-0.2, -0.15) is 0 Å². The maximum Gasteiger partial charge on any atom is -0.0297 e. The molecule has 0 spiro atoms. The molecule has 0 heteroatoms. The first kappa shape index (κ1) is 75.4. The van der Waals surface area contributed by atoms with E-state index in [-0.39, 0.29) is 0 Å². The molecule has 0 N–H and O–H groups in total. The molecule has 16 fully saturated rings. The molecule has 16 saturated carbocycles. The monoisotopic (exact) mass is 1220 g/mol. The van der Waals surface area contributed by atoms with Gasteiger partial charge >= 0.3 is 0 Å². The topological polar surface area (TPSA) is 0 Å². The molecule has 0 radical (unpaired) electrons. The summed E-state index contributed by atoms with van der Waals surface area (Å²) in [5, 5.41) is 0. The van der Waals surface area contributed by atoms with Crippen LogP contribution < -0.4 is 0 Å². The highest BCUT2D eigenvalue weighted by Crippen LogP contribution is 2.60. The summed E-state index contributed by atoms with van der Waals surface area (Å²) in [6.07, 6.45) is 61.9. The maximum atomic E-state index is 2.48. The number of hydrogen-bond donors (Lipinski definition) is 0. The minimum atomic E-state index is 0.571. The molecule has 0 amide bonds. The summed E-state index contributed by atoms with van der Waals surface area (Å²) >= 11 is 0. The summed E-state index contributed by atoms with van der Waals surface area (Å²) in [4.78, 5) is 0. The first-order chi connectivity index (χ1) is 41.6. The molecule has 88 heavy (non-hydrogen) atoms. The average molecular weight is 1220 g/mol. The van der Waals surface area contributed by atoms with Gasteiger partial charge in [0.15, 0.2) is 0 Å². The predicted molar refractivity (Wildman–Crippen MR) is 392 cm³/mol. The van der Waals surface area contributed by atoms with E-state index in [1.165, 1.54) is 180 Å². The van der Waals surface area contributed by atoms with Crippen molar-refractivity contribution in [1.29, 1.82) is 0 Å². The molecule has 0 aromatic rings. The van der Waals surface area contributed by atoms with Gasteiger partial charge in [0.25, 0.3) is 0 Å². The van der Waals surface area contributed by atoms with Crippen molar-refractivity contribution in [2.24, 2.45) is 157 Å². The SMILES string of the molecule is CC1C(C)(C)CCCC1(C)C.CC1C2CCC(C2)[C@H]1C.CC1CC2CCC1C2.CCC1CC2CCC1C2.CCC1CCCC1.CCC1CCCCC1.C[C@@H]1C2CCC(C2)C1(C)C.C[C@@H]1CCCCC1(C)C.C[C@H]1CC2CCC1(C)C2.C[C@H]1CC2CCC1C2. The molecular formula is C88H164. The number of hydrogen-bond acceptors (Lipinski definition) is 0. The van der Waals surface area contributed by atoms with E-state index in [0.29, 0.717) is 21.7 Å². The fourth-order valence-corrected chi connectivity index (χ4v) is 24.0. The Kier molecular flexibility index (Phi) is 29.4.